The number of nitrogens with zero attached hydrogens (tertiary/aromatic N) is 3. The Bertz CT molecular complexity index is 894. The Morgan fingerprint density at radius 1 is 1.33 bits per heavy atom. The lowest BCUT2D eigenvalue weighted by molar-refractivity contribution is -0.117. The predicted molar refractivity (Wildman–Crippen MR) is 83.1 cm³/mol. The molecule has 1 saturated heterocycles. The van der Waals surface area contributed by atoms with Crippen LogP contribution in [-0.4, -0.2) is 22.6 Å². The number of carbonyl (C=O) groups is 1. The van der Waals surface area contributed by atoms with E-state index in [0.29, 0.717) is 23.8 Å². The molecule has 8 heteroatoms. The van der Waals surface area contributed by atoms with Crippen molar-refractivity contribution in [3.8, 4) is 11.7 Å². The van der Waals surface area contributed by atoms with Gasteiger partial charge in [-0.05, 0) is 30.3 Å². The fraction of sp³-hybridized carbons (Fsp3) is 0.188. The number of hydrogen-bond donors (Lipinski definition) is 0. The van der Waals surface area contributed by atoms with Gasteiger partial charge in [0.05, 0.1) is 11.3 Å². The van der Waals surface area contributed by atoms with Gasteiger partial charge in [0.25, 0.3) is 5.89 Å². The highest BCUT2D eigenvalue weighted by atomic mass is 35.5. The standard InChI is InChI=1S/C16H11ClFN3O3/c17-11-7-10(3-4-12(11)18)21-8-9(6-14(21)22)15-19-16(24-20-15)13-2-1-5-23-13/h1-5,7,9H,6,8H2. The smallest absolute Gasteiger partial charge is 0.293 e. The van der Waals surface area contributed by atoms with Crippen LogP contribution in [0.2, 0.25) is 5.02 Å². The zero-order valence-corrected chi connectivity index (χ0v) is 13.0. The second kappa shape index (κ2) is 5.76. The Hall–Kier alpha value is -2.67. The normalized spacial score (nSPS) is 17.7. The maximum absolute atomic E-state index is 13.3. The second-order valence-corrected chi connectivity index (χ2v) is 5.85. The first kappa shape index (κ1) is 14.9. The summed E-state index contributed by atoms with van der Waals surface area (Å²) in [5.74, 6) is 0.335. The van der Waals surface area contributed by atoms with Crippen molar-refractivity contribution < 1.29 is 18.1 Å². The van der Waals surface area contributed by atoms with Crippen LogP contribution >= 0.6 is 11.6 Å². The lowest BCUT2D eigenvalue weighted by atomic mass is 10.1. The summed E-state index contributed by atoms with van der Waals surface area (Å²) in [6.45, 7) is 0.373. The minimum atomic E-state index is -0.523. The van der Waals surface area contributed by atoms with E-state index in [2.05, 4.69) is 10.1 Å². The van der Waals surface area contributed by atoms with Crippen LogP contribution < -0.4 is 4.90 Å². The van der Waals surface area contributed by atoms with Gasteiger partial charge in [-0.1, -0.05) is 16.8 Å². The highest BCUT2D eigenvalue weighted by molar-refractivity contribution is 6.31. The minimum absolute atomic E-state index is 0.0246. The molecule has 0 aliphatic carbocycles. The highest BCUT2D eigenvalue weighted by Gasteiger charge is 2.35. The van der Waals surface area contributed by atoms with E-state index in [1.807, 2.05) is 0 Å². The molecule has 24 heavy (non-hydrogen) atoms. The minimum Gasteiger partial charge on any atom is -0.459 e. The van der Waals surface area contributed by atoms with Gasteiger partial charge in [0, 0.05) is 24.6 Å². The molecule has 0 radical (unpaired) electrons. The van der Waals surface area contributed by atoms with Crippen molar-refractivity contribution in [3.63, 3.8) is 0 Å². The SMILES string of the molecule is O=C1CC(c2noc(-c3ccco3)n2)CN1c1ccc(F)c(Cl)c1. The zero-order valence-electron chi connectivity index (χ0n) is 12.3. The van der Waals surface area contributed by atoms with Gasteiger partial charge >= 0.3 is 0 Å². The molecule has 1 aliphatic rings. The van der Waals surface area contributed by atoms with Crippen molar-refractivity contribution in [2.75, 3.05) is 11.4 Å². The van der Waals surface area contributed by atoms with Crippen LogP contribution in [0.3, 0.4) is 0 Å². The van der Waals surface area contributed by atoms with Crippen LogP contribution in [0.4, 0.5) is 10.1 Å². The van der Waals surface area contributed by atoms with Crippen LogP contribution in [0, 0.1) is 5.82 Å². The van der Waals surface area contributed by atoms with E-state index < -0.39 is 5.82 Å². The van der Waals surface area contributed by atoms with Gasteiger partial charge in [-0.2, -0.15) is 4.98 Å². The second-order valence-electron chi connectivity index (χ2n) is 5.44. The number of furan rings is 1. The summed E-state index contributed by atoms with van der Waals surface area (Å²) in [5, 5.41) is 3.91. The average Bonchev–Trinajstić information content (AvgIpc) is 3.28. The number of rotatable bonds is 3. The average molecular weight is 348 g/mol. The highest BCUT2D eigenvalue weighted by Crippen LogP contribution is 2.33. The van der Waals surface area contributed by atoms with Crippen molar-refractivity contribution in [3.05, 3.63) is 53.3 Å². The summed E-state index contributed by atoms with van der Waals surface area (Å²) in [6, 6.07) is 7.62. The zero-order chi connectivity index (χ0) is 16.7. The number of aromatic nitrogens is 2. The van der Waals surface area contributed by atoms with Gasteiger partial charge in [-0.3, -0.25) is 4.79 Å². The van der Waals surface area contributed by atoms with Crippen molar-refractivity contribution >= 4 is 23.2 Å². The largest absolute Gasteiger partial charge is 0.459 e. The lowest BCUT2D eigenvalue weighted by Gasteiger charge is -2.16. The van der Waals surface area contributed by atoms with Gasteiger partial charge in [0.2, 0.25) is 5.91 Å². The first-order valence-corrected chi connectivity index (χ1v) is 7.62. The van der Waals surface area contributed by atoms with E-state index >= 15 is 0 Å². The molecule has 0 saturated carbocycles. The number of amides is 1. The molecule has 3 aromatic rings. The van der Waals surface area contributed by atoms with E-state index in [0.717, 1.165) is 0 Å². The van der Waals surface area contributed by atoms with Crippen molar-refractivity contribution in [2.45, 2.75) is 12.3 Å². The molecule has 1 amide bonds. The molecule has 1 aliphatic heterocycles. The van der Waals surface area contributed by atoms with Crippen LogP contribution in [0.5, 0.6) is 0 Å². The van der Waals surface area contributed by atoms with E-state index in [-0.39, 0.29) is 29.2 Å². The van der Waals surface area contributed by atoms with Gasteiger partial charge in [0.15, 0.2) is 11.6 Å². The summed E-state index contributed by atoms with van der Waals surface area (Å²) in [6.07, 6.45) is 1.75. The number of anilines is 1. The molecule has 6 nitrogen and oxygen atoms in total. The summed E-state index contributed by atoms with van der Waals surface area (Å²) in [7, 11) is 0. The molecule has 0 N–H and O–H groups in total. The van der Waals surface area contributed by atoms with Crippen LogP contribution in [0.15, 0.2) is 45.5 Å². The van der Waals surface area contributed by atoms with Gasteiger partial charge in [-0.25, -0.2) is 4.39 Å². The first-order valence-electron chi connectivity index (χ1n) is 7.24. The topological polar surface area (TPSA) is 72.4 Å². The fourth-order valence-electron chi connectivity index (χ4n) is 2.68. The van der Waals surface area contributed by atoms with Crippen LogP contribution in [0.25, 0.3) is 11.7 Å². The van der Waals surface area contributed by atoms with Crippen molar-refractivity contribution in [2.24, 2.45) is 0 Å². The van der Waals surface area contributed by atoms with Gasteiger partial charge in [-0.15, -0.1) is 0 Å². The molecule has 1 aromatic carbocycles. The van der Waals surface area contributed by atoms with Crippen LogP contribution in [-0.2, 0) is 4.79 Å². The monoisotopic (exact) mass is 347 g/mol. The molecule has 1 fully saturated rings. The van der Waals surface area contributed by atoms with Crippen molar-refractivity contribution in [1.82, 2.24) is 10.1 Å². The van der Waals surface area contributed by atoms with E-state index in [1.165, 1.54) is 24.5 Å². The molecule has 2 aromatic heterocycles. The molecular weight excluding hydrogens is 337 g/mol. The third kappa shape index (κ3) is 2.56. The Balaban J connectivity index is 1.56. The summed E-state index contributed by atoms with van der Waals surface area (Å²) < 4.78 is 23.7. The maximum Gasteiger partial charge on any atom is 0.293 e. The number of carbonyl (C=O) groups excluding carboxylic acids is 1. The maximum atomic E-state index is 13.3. The molecular formula is C16H11ClFN3O3. The fourth-order valence-corrected chi connectivity index (χ4v) is 2.86. The predicted octanol–water partition coefficient (Wildman–Crippen LogP) is 3.64. The molecule has 1 atom stereocenters. The number of benzene rings is 1. The Morgan fingerprint density at radius 2 is 2.21 bits per heavy atom. The molecule has 0 spiro atoms. The molecule has 4 rings (SSSR count). The Labute approximate surface area is 140 Å². The molecule has 3 heterocycles. The lowest BCUT2D eigenvalue weighted by Crippen LogP contribution is -2.24. The molecule has 122 valence electrons. The summed E-state index contributed by atoms with van der Waals surface area (Å²) in [4.78, 5) is 18.1. The third-order valence-electron chi connectivity index (χ3n) is 3.88. The molecule has 0 bridgehead atoms. The summed E-state index contributed by atoms with van der Waals surface area (Å²) >= 11 is 5.79. The van der Waals surface area contributed by atoms with Crippen LogP contribution in [0.1, 0.15) is 18.2 Å². The Kier molecular flexibility index (Phi) is 3.57. The Morgan fingerprint density at radius 3 is 2.96 bits per heavy atom. The van der Waals surface area contributed by atoms with E-state index in [9.17, 15) is 9.18 Å². The van der Waals surface area contributed by atoms with Gasteiger partial charge < -0.3 is 13.8 Å². The van der Waals surface area contributed by atoms with Gasteiger partial charge in [0.1, 0.15) is 5.82 Å². The number of halogens is 2. The molecule has 1 unspecified atom stereocenters. The number of hydrogen-bond acceptors (Lipinski definition) is 5. The van der Waals surface area contributed by atoms with Crippen molar-refractivity contribution in [1.29, 1.82) is 0 Å². The summed E-state index contributed by atoms with van der Waals surface area (Å²) in [5.41, 5.74) is 0.545. The third-order valence-corrected chi connectivity index (χ3v) is 4.17. The quantitative estimate of drug-likeness (QED) is 0.723. The first-order chi connectivity index (χ1) is 11.6. The van der Waals surface area contributed by atoms with E-state index in [4.69, 9.17) is 20.5 Å². The van der Waals surface area contributed by atoms with E-state index in [1.54, 1.807) is 17.0 Å².